The number of rotatable bonds is 40. The predicted molar refractivity (Wildman–Crippen MR) is 259 cm³/mol. The van der Waals surface area contributed by atoms with E-state index in [1.807, 2.05) is 21.1 Å². The first-order valence-electron chi connectivity index (χ1n) is 25.5. The molecule has 370 valence electrons. The Bertz CT molecular complexity index is 1610. The summed E-state index contributed by atoms with van der Waals surface area (Å²) in [6.45, 7) is 13.1. The van der Waals surface area contributed by atoms with Crippen LogP contribution in [0.3, 0.4) is 0 Å². The number of ether oxygens (including phenoxy) is 2. The quantitative estimate of drug-likeness (QED) is 0.0298. The van der Waals surface area contributed by atoms with E-state index in [4.69, 9.17) is 27.4 Å². The summed E-state index contributed by atoms with van der Waals surface area (Å²) in [4.78, 5) is 35.7. The van der Waals surface area contributed by atoms with Gasteiger partial charge in [0.15, 0.2) is 6.10 Å². The summed E-state index contributed by atoms with van der Waals surface area (Å²) in [7, 11) is 1.44. The number of carbonyl (C=O) groups excluding carboxylic acids is 2. The zero-order valence-electron chi connectivity index (χ0n) is 42.2. The fourth-order valence-electron chi connectivity index (χ4n) is 7.96. The monoisotopic (exact) mass is 923 g/mol. The van der Waals surface area contributed by atoms with Crippen LogP contribution < -0.4 is 0 Å². The molecule has 2 heterocycles. The molecule has 2 aromatic rings. The number of unbranched alkanes of at least 4 members (excludes halogenated alkanes) is 18. The van der Waals surface area contributed by atoms with E-state index >= 15 is 0 Å². The van der Waals surface area contributed by atoms with Gasteiger partial charge in [0, 0.05) is 38.5 Å². The number of quaternary nitrogens is 1. The fourth-order valence-corrected chi connectivity index (χ4v) is 8.70. The molecule has 0 spiro atoms. The molecule has 0 aromatic carbocycles. The van der Waals surface area contributed by atoms with E-state index in [1.165, 1.54) is 111 Å². The number of hydrogen-bond donors (Lipinski definition) is 1. The Morgan fingerprint density at radius 2 is 0.891 bits per heavy atom. The number of aryl methyl sites for hydroxylation is 4. The molecule has 11 nitrogen and oxygen atoms in total. The highest BCUT2D eigenvalue weighted by atomic mass is 31.2. The van der Waals surface area contributed by atoms with E-state index < -0.39 is 26.5 Å². The highest BCUT2D eigenvalue weighted by molar-refractivity contribution is 7.47. The predicted octanol–water partition coefficient (Wildman–Crippen LogP) is 13.7. The number of likely N-dealkylation sites (N-methyl/N-ethyl adjacent to an activating group) is 1. The summed E-state index contributed by atoms with van der Waals surface area (Å²) in [6, 6.07) is 0. The van der Waals surface area contributed by atoms with E-state index in [-0.39, 0.29) is 32.0 Å². The van der Waals surface area contributed by atoms with E-state index in [0.717, 1.165) is 88.6 Å². The molecule has 0 saturated heterocycles. The van der Waals surface area contributed by atoms with Crippen LogP contribution in [0.5, 0.6) is 0 Å². The number of phosphoric ester groups is 1. The molecule has 2 unspecified atom stereocenters. The van der Waals surface area contributed by atoms with Crippen molar-refractivity contribution in [2.45, 2.75) is 227 Å². The Kier molecular flexibility index (Phi) is 29.8. The maximum Gasteiger partial charge on any atom is 0.472 e. The summed E-state index contributed by atoms with van der Waals surface area (Å²) in [5, 5.41) is 0. The second-order valence-electron chi connectivity index (χ2n) is 19.4. The Morgan fingerprint density at radius 3 is 1.28 bits per heavy atom. The molecule has 0 amide bonds. The van der Waals surface area contributed by atoms with Crippen LogP contribution in [0, 0.1) is 27.7 Å². The number of hydrogen-bond acceptors (Lipinski definition) is 9. The van der Waals surface area contributed by atoms with Crippen molar-refractivity contribution in [2.24, 2.45) is 0 Å². The molecule has 2 atom stereocenters. The van der Waals surface area contributed by atoms with Crippen LogP contribution in [0.1, 0.15) is 213 Å². The van der Waals surface area contributed by atoms with Gasteiger partial charge in [-0.25, -0.2) is 4.57 Å². The summed E-state index contributed by atoms with van der Waals surface area (Å²) in [5.74, 6) is 3.84. The molecule has 12 heteroatoms. The lowest BCUT2D eigenvalue weighted by Crippen LogP contribution is -2.37. The second-order valence-corrected chi connectivity index (χ2v) is 20.8. The lowest BCUT2D eigenvalue weighted by atomic mass is 10.0. The third-order valence-corrected chi connectivity index (χ3v) is 13.5. The van der Waals surface area contributed by atoms with Crippen molar-refractivity contribution in [1.82, 2.24) is 0 Å². The number of esters is 2. The summed E-state index contributed by atoms with van der Waals surface area (Å²) in [5.41, 5.74) is 5.32. The van der Waals surface area contributed by atoms with Crippen molar-refractivity contribution in [3.63, 3.8) is 0 Å². The average Bonchev–Trinajstić information content (AvgIpc) is 3.67. The van der Waals surface area contributed by atoms with Crippen molar-refractivity contribution in [1.29, 1.82) is 0 Å². The number of phosphoric acid groups is 1. The molecule has 2 rings (SSSR count). The molecule has 0 fully saturated rings. The molecule has 0 aliphatic heterocycles. The van der Waals surface area contributed by atoms with Crippen LogP contribution in [0.25, 0.3) is 0 Å². The Labute approximate surface area is 389 Å². The first-order valence-corrected chi connectivity index (χ1v) is 27.0. The van der Waals surface area contributed by atoms with Crippen LogP contribution >= 0.6 is 7.82 Å². The molecular formula is C52H93NO10P+. The molecule has 0 saturated carbocycles. The Balaban J connectivity index is 1.64. The SMILES string of the molecule is CCCCCc1oc(CCCCCCCCCCC(=O)OCC(COP(=O)(O)OCC[N+](C)(C)C)OC(=O)CCCCCCCCCCc2oc(CCCCC)c(C)c2C)c(C)c1C. The van der Waals surface area contributed by atoms with Crippen LogP contribution in [-0.2, 0) is 58.4 Å². The molecule has 0 bridgehead atoms. The molecule has 0 aliphatic carbocycles. The highest BCUT2D eigenvalue weighted by Crippen LogP contribution is 2.43. The average molecular weight is 923 g/mol. The molecule has 2 aromatic heterocycles. The van der Waals surface area contributed by atoms with E-state index in [1.54, 1.807) is 0 Å². The van der Waals surface area contributed by atoms with Gasteiger partial charge in [0.2, 0.25) is 0 Å². The summed E-state index contributed by atoms with van der Waals surface area (Å²) < 4.78 is 47.0. The van der Waals surface area contributed by atoms with Crippen LogP contribution in [0.4, 0.5) is 0 Å². The van der Waals surface area contributed by atoms with Crippen LogP contribution in [-0.4, -0.2) is 74.9 Å². The molecule has 0 aliphatic rings. The Hall–Kier alpha value is -2.43. The van der Waals surface area contributed by atoms with E-state index in [9.17, 15) is 19.0 Å². The van der Waals surface area contributed by atoms with Gasteiger partial charge in [0.1, 0.15) is 42.8 Å². The van der Waals surface area contributed by atoms with E-state index in [2.05, 4.69) is 41.5 Å². The minimum absolute atomic E-state index is 0.0202. The molecule has 64 heavy (non-hydrogen) atoms. The Morgan fingerprint density at radius 1 is 0.531 bits per heavy atom. The van der Waals surface area contributed by atoms with Crippen LogP contribution in [0.15, 0.2) is 8.83 Å². The van der Waals surface area contributed by atoms with Crippen molar-refractivity contribution in [2.75, 3.05) is 47.5 Å². The first kappa shape index (κ1) is 57.7. The minimum Gasteiger partial charge on any atom is -0.466 e. The zero-order chi connectivity index (χ0) is 47.2. The third-order valence-electron chi connectivity index (χ3n) is 12.5. The van der Waals surface area contributed by atoms with Gasteiger partial charge in [-0.3, -0.25) is 18.6 Å². The molecular weight excluding hydrogens is 830 g/mol. The zero-order valence-corrected chi connectivity index (χ0v) is 43.1. The normalized spacial score (nSPS) is 13.3. The van der Waals surface area contributed by atoms with Gasteiger partial charge < -0.3 is 27.7 Å². The standard InChI is InChI=1S/C52H92NO10P/c1-10-12-26-32-47-42(3)44(5)49(62-47)34-28-22-18-14-16-20-24-30-36-51(54)58-40-46(41-60-64(56,57)59-39-38-53(7,8)9)61-52(55)37-31-25-21-17-15-19-23-29-35-50-45(6)43(4)48(63-50)33-27-13-11-2/h46H,10-41H2,1-9H3/p+1. The largest absolute Gasteiger partial charge is 0.472 e. The van der Waals surface area contributed by atoms with Gasteiger partial charge in [0.05, 0.1) is 27.7 Å². The number of carbonyl (C=O) groups is 2. The van der Waals surface area contributed by atoms with Crippen molar-refractivity contribution < 1.29 is 50.9 Å². The highest BCUT2D eigenvalue weighted by Gasteiger charge is 2.27. The smallest absolute Gasteiger partial charge is 0.466 e. The van der Waals surface area contributed by atoms with Crippen LogP contribution in [0.2, 0.25) is 0 Å². The van der Waals surface area contributed by atoms with Gasteiger partial charge >= 0.3 is 19.8 Å². The van der Waals surface area contributed by atoms with Gasteiger partial charge in [-0.1, -0.05) is 117 Å². The van der Waals surface area contributed by atoms with Gasteiger partial charge in [0.25, 0.3) is 0 Å². The number of furan rings is 2. The van der Waals surface area contributed by atoms with Crippen molar-refractivity contribution >= 4 is 19.8 Å². The lowest BCUT2D eigenvalue weighted by Gasteiger charge is -2.24. The van der Waals surface area contributed by atoms with E-state index in [0.29, 0.717) is 23.9 Å². The summed E-state index contributed by atoms with van der Waals surface area (Å²) >= 11 is 0. The molecule has 1 N–H and O–H groups in total. The minimum atomic E-state index is -4.40. The fraction of sp³-hybridized carbons (Fsp3) is 0.808. The van der Waals surface area contributed by atoms with Gasteiger partial charge in [-0.05, 0) is 88.5 Å². The summed E-state index contributed by atoms with van der Waals surface area (Å²) in [6.07, 6.45) is 27.8. The third kappa shape index (κ3) is 26.0. The maximum atomic E-state index is 12.8. The van der Waals surface area contributed by atoms with Crippen molar-refractivity contribution in [3.8, 4) is 0 Å². The maximum absolute atomic E-state index is 12.8. The first-order chi connectivity index (χ1) is 30.6. The second kappa shape index (κ2) is 33.1. The van der Waals surface area contributed by atoms with Crippen molar-refractivity contribution in [3.05, 3.63) is 45.3 Å². The topological polar surface area (TPSA) is 135 Å². The molecule has 0 radical (unpaired) electrons. The van der Waals surface area contributed by atoms with Gasteiger partial charge in [-0.2, -0.15) is 0 Å². The lowest BCUT2D eigenvalue weighted by molar-refractivity contribution is -0.870. The van der Waals surface area contributed by atoms with Gasteiger partial charge in [-0.15, -0.1) is 0 Å². The number of nitrogens with zero attached hydrogens (tertiary/aromatic N) is 1.